The molecule has 2 aliphatic carbocycles. The molecule has 0 unspecified atom stereocenters. The number of nitrogens with zero attached hydrogens (tertiary/aromatic N) is 2. The van der Waals surface area contributed by atoms with Gasteiger partial charge in [-0.2, -0.15) is 5.10 Å². The number of ether oxygens (including phenoxy) is 1. The molecule has 0 bridgehead atoms. The second-order valence-electron chi connectivity index (χ2n) is 5.82. The first kappa shape index (κ1) is 19.2. The summed E-state index contributed by atoms with van der Waals surface area (Å²) in [5.41, 5.74) is 8.34. The van der Waals surface area contributed by atoms with Gasteiger partial charge in [0.1, 0.15) is 5.76 Å². The minimum Gasteiger partial charge on any atom is -0.496 e. The second kappa shape index (κ2) is 8.30. The Morgan fingerprint density at radius 3 is 2.58 bits per heavy atom. The highest BCUT2D eigenvalue weighted by molar-refractivity contribution is 5.89. The molecule has 1 aromatic rings. The number of carboxylic acid groups (broad SMARTS) is 2. The molecule has 0 saturated carbocycles. The predicted octanol–water partition coefficient (Wildman–Crippen LogP) is -0.253. The third-order valence-corrected chi connectivity index (χ3v) is 3.72. The largest absolute Gasteiger partial charge is 0.496 e. The van der Waals surface area contributed by atoms with Crippen molar-refractivity contribution in [2.45, 2.75) is 25.9 Å². The molecule has 0 fully saturated rings. The minimum absolute atomic E-state index is 0.101. The lowest BCUT2D eigenvalue weighted by Crippen LogP contribution is -2.33. The van der Waals surface area contributed by atoms with E-state index in [0.29, 0.717) is 12.2 Å². The molecule has 138 valence electrons. The number of carboxylic acids is 2. The average Bonchev–Trinajstić information content (AvgIpc) is 3.13. The Hall–Kier alpha value is -3.13. The van der Waals surface area contributed by atoms with Crippen LogP contribution in [0.5, 0.6) is 0 Å². The Bertz CT molecular complexity index is 903. The van der Waals surface area contributed by atoms with E-state index in [-0.39, 0.29) is 6.04 Å². The first-order valence-electron chi connectivity index (χ1n) is 7.95. The van der Waals surface area contributed by atoms with E-state index in [0.717, 1.165) is 24.1 Å². The number of hydrogen-bond acceptors (Lipinski definition) is 5. The summed E-state index contributed by atoms with van der Waals surface area (Å²) in [4.78, 5) is 19.1. The van der Waals surface area contributed by atoms with Crippen LogP contribution in [0.2, 0.25) is 0 Å². The number of aliphatic carboxylic acids is 2. The summed E-state index contributed by atoms with van der Waals surface area (Å²) < 4.78 is 7.39. The Morgan fingerprint density at radius 2 is 2.04 bits per heavy atom. The Kier molecular flexibility index (Phi) is 6.13. The first-order chi connectivity index (χ1) is 12.3. The van der Waals surface area contributed by atoms with Crippen molar-refractivity contribution in [1.29, 1.82) is 0 Å². The fourth-order valence-electron chi connectivity index (χ4n) is 2.70. The van der Waals surface area contributed by atoms with Gasteiger partial charge in [-0.05, 0) is 31.1 Å². The van der Waals surface area contributed by atoms with Gasteiger partial charge in [-0.25, -0.2) is 9.59 Å². The second-order valence-corrected chi connectivity index (χ2v) is 5.82. The van der Waals surface area contributed by atoms with E-state index in [1.807, 2.05) is 23.9 Å². The molecule has 0 aliphatic heterocycles. The van der Waals surface area contributed by atoms with Crippen molar-refractivity contribution in [3.63, 3.8) is 0 Å². The van der Waals surface area contributed by atoms with Crippen LogP contribution in [-0.4, -0.2) is 45.1 Å². The highest BCUT2D eigenvalue weighted by Crippen LogP contribution is 2.27. The molecule has 0 radical (unpaired) electrons. The predicted molar refractivity (Wildman–Crippen MR) is 95.2 cm³/mol. The SMILES string of the molecule is COC1=C2C=c3c(cnn3C[C@@H](C)N)=C2CC=C1.O=C(O)/C=C/C(=O)O. The molecule has 1 heterocycles. The molecule has 8 nitrogen and oxygen atoms in total. The minimum atomic E-state index is -1.26. The summed E-state index contributed by atoms with van der Waals surface area (Å²) in [6, 6.07) is 0.101. The van der Waals surface area contributed by atoms with Crippen LogP contribution in [0.1, 0.15) is 13.3 Å². The lowest BCUT2D eigenvalue weighted by atomic mass is 9.99. The molecule has 3 rings (SSSR count). The van der Waals surface area contributed by atoms with E-state index in [2.05, 4.69) is 17.3 Å². The average molecular weight is 359 g/mol. The summed E-state index contributed by atoms with van der Waals surface area (Å²) in [5.74, 6) is -1.58. The van der Waals surface area contributed by atoms with Gasteiger partial charge in [-0.1, -0.05) is 6.08 Å². The van der Waals surface area contributed by atoms with Crippen LogP contribution in [0.25, 0.3) is 11.6 Å². The number of nitrogens with two attached hydrogens (primary N) is 1. The van der Waals surface area contributed by atoms with Gasteiger partial charge >= 0.3 is 11.9 Å². The molecular weight excluding hydrogens is 338 g/mol. The Morgan fingerprint density at radius 1 is 1.38 bits per heavy atom. The summed E-state index contributed by atoms with van der Waals surface area (Å²) in [6.07, 6.45) is 10.3. The summed E-state index contributed by atoms with van der Waals surface area (Å²) in [5, 5.41) is 22.4. The highest BCUT2D eigenvalue weighted by Gasteiger charge is 2.20. The first-order valence-corrected chi connectivity index (χ1v) is 7.95. The summed E-state index contributed by atoms with van der Waals surface area (Å²) in [7, 11) is 1.71. The van der Waals surface area contributed by atoms with E-state index < -0.39 is 11.9 Å². The van der Waals surface area contributed by atoms with Crippen LogP contribution in [0.15, 0.2) is 41.8 Å². The number of aromatic nitrogens is 2. The van der Waals surface area contributed by atoms with Gasteiger partial charge in [-0.15, -0.1) is 0 Å². The van der Waals surface area contributed by atoms with Crippen molar-refractivity contribution in [2.24, 2.45) is 5.73 Å². The van der Waals surface area contributed by atoms with E-state index >= 15 is 0 Å². The lowest BCUT2D eigenvalue weighted by Gasteiger charge is -2.12. The molecule has 26 heavy (non-hydrogen) atoms. The molecule has 2 aliphatic rings. The number of rotatable bonds is 5. The zero-order chi connectivity index (χ0) is 19.3. The number of allylic oxidation sites excluding steroid dienone is 3. The van der Waals surface area contributed by atoms with Gasteiger partial charge in [0, 0.05) is 29.0 Å². The van der Waals surface area contributed by atoms with Gasteiger partial charge in [0.25, 0.3) is 0 Å². The molecule has 0 aromatic carbocycles. The number of methoxy groups -OCH3 is 1. The van der Waals surface area contributed by atoms with Crippen LogP contribution in [0.3, 0.4) is 0 Å². The topological polar surface area (TPSA) is 128 Å². The van der Waals surface area contributed by atoms with Crippen molar-refractivity contribution >= 4 is 23.6 Å². The van der Waals surface area contributed by atoms with Gasteiger partial charge in [0.05, 0.1) is 25.2 Å². The zero-order valence-electron chi connectivity index (χ0n) is 14.5. The van der Waals surface area contributed by atoms with Crippen LogP contribution < -0.4 is 16.3 Å². The van der Waals surface area contributed by atoms with Crippen LogP contribution >= 0.6 is 0 Å². The summed E-state index contributed by atoms with van der Waals surface area (Å²) in [6.45, 7) is 2.73. The quantitative estimate of drug-likeness (QED) is 0.618. The van der Waals surface area contributed by atoms with Crippen LogP contribution in [-0.2, 0) is 20.9 Å². The lowest BCUT2D eigenvalue weighted by molar-refractivity contribution is -0.134. The van der Waals surface area contributed by atoms with Gasteiger partial charge in [0.15, 0.2) is 0 Å². The molecule has 1 atom stereocenters. The molecule has 0 spiro atoms. The molecule has 1 aromatic heterocycles. The van der Waals surface area contributed by atoms with Gasteiger partial charge in [0.2, 0.25) is 0 Å². The Balaban J connectivity index is 0.000000260. The van der Waals surface area contributed by atoms with E-state index in [9.17, 15) is 9.59 Å². The van der Waals surface area contributed by atoms with E-state index in [1.165, 1.54) is 16.4 Å². The molecule has 0 saturated heterocycles. The third-order valence-electron chi connectivity index (χ3n) is 3.72. The number of hydrogen-bond donors (Lipinski definition) is 3. The fraction of sp³-hybridized carbons (Fsp3) is 0.278. The molecular formula is C18H21N3O5. The molecule has 4 N–H and O–H groups in total. The molecule has 8 heteroatoms. The smallest absolute Gasteiger partial charge is 0.328 e. The zero-order valence-corrected chi connectivity index (χ0v) is 14.5. The van der Waals surface area contributed by atoms with Crippen LogP contribution in [0.4, 0.5) is 0 Å². The third kappa shape index (κ3) is 4.48. The van der Waals surface area contributed by atoms with Crippen molar-refractivity contribution in [1.82, 2.24) is 9.78 Å². The monoisotopic (exact) mass is 359 g/mol. The highest BCUT2D eigenvalue weighted by atomic mass is 16.5. The number of carbonyl (C=O) groups is 2. The van der Waals surface area contributed by atoms with Crippen molar-refractivity contribution in [3.05, 3.63) is 52.4 Å². The van der Waals surface area contributed by atoms with Gasteiger partial charge in [-0.3, -0.25) is 4.68 Å². The number of fused-ring (bicyclic) bond motifs is 2. The Labute approximate surface area is 149 Å². The van der Waals surface area contributed by atoms with Crippen molar-refractivity contribution in [3.8, 4) is 0 Å². The van der Waals surface area contributed by atoms with E-state index in [4.69, 9.17) is 20.7 Å². The van der Waals surface area contributed by atoms with Crippen LogP contribution in [0, 0.1) is 0 Å². The maximum Gasteiger partial charge on any atom is 0.328 e. The van der Waals surface area contributed by atoms with Crippen molar-refractivity contribution in [2.75, 3.05) is 7.11 Å². The van der Waals surface area contributed by atoms with E-state index in [1.54, 1.807) is 7.11 Å². The normalized spacial score (nSPS) is 15.7. The standard InChI is InChI=1S/C14H17N3O.C4H4O4/c1-9(15)8-17-13-6-11-10(12(13)7-16-17)4-3-5-14(11)18-2;5-3(6)1-2-4(7)8/h3,5-7,9H,4,8,15H2,1-2H3;1-2H,(H,5,6)(H,7,8)/b;2-1+/t9-;/m1./s1. The maximum absolute atomic E-state index is 9.55. The van der Waals surface area contributed by atoms with Crippen molar-refractivity contribution < 1.29 is 24.5 Å². The van der Waals surface area contributed by atoms with Gasteiger partial charge < -0.3 is 20.7 Å². The molecule has 0 amide bonds. The summed E-state index contributed by atoms with van der Waals surface area (Å²) >= 11 is 0. The fourth-order valence-corrected chi connectivity index (χ4v) is 2.70. The maximum atomic E-state index is 9.55.